The van der Waals surface area contributed by atoms with E-state index in [4.69, 9.17) is 9.84 Å². The fourth-order valence-electron chi connectivity index (χ4n) is 2.45. The van der Waals surface area contributed by atoms with Gasteiger partial charge in [0.05, 0.1) is 0 Å². The van der Waals surface area contributed by atoms with Crippen molar-refractivity contribution in [1.29, 1.82) is 0 Å². The van der Waals surface area contributed by atoms with Gasteiger partial charge in [-0.25, -0.2) is 4.79 Å². The minimum absolute atomic E-state index is 0.279. The first-order chi connectivity index (χ1) is 9.15. The zero-order valence-electron chi connectivity index (χ0n) is 10.8. The molecule has 0 aromatic heterocycles. The molecular weight excluding hydrogens is 246 g/mol. The fraction of sp³-hybridized carbons (Fsp3) is 0.429. The molecule has 0 saturated carbocycles. The number of aliphatic carboxylic acids is 1. The average Bonchev–Trinajstić information content (AvgIpc) is 2.90. The van der Waals surface area contributed by atoms with Crippen LogP contribution in [0, 0.1) is 0 Å². The summed E-state index contributed by atoms with van der Waals surface area (Å²) in [6.45, 7) is 0.475. The SMILES string of the molecule is COC(C(=O)N1CCC[C@@H]1C(=O)O)c1ccccc1. The third-order valence-corrected chi connectivity index (χ3v) is 3.38. The van der Waals surface area contributed by atoms with Crippen LogP contribution in [0.1, 0.15) is 24.5 Å². The summed E-state index contributed by atoms with van der Waals surface area (Å²) in [4.78, 5) is 25.0. The molecule has 1 aromatic carbocycles. The Morgan fingerprint density at radius 3 is 2.63 bits per heavy atom. The summed E-state index contributed by atoms with van der Waals surface area (Å²) >= 11 is 0. The lowest BCUT2D eigenvalue weighted by Crippen LogP contribution is -2.43. The summed E-state index contributed by atoms with van der Waals surface area (Å²) < 4.78 is 5.25. The summed E-state index contributed by atoms with van der Waals surface area (Å²) in [6, 6.07) is 8.39. The van der Waals surface area contributed by atoms with Gasteiger partial charge in [-0.15, -0.1) is 0 Å². The zero-order chi connectivity index (χ0) is 13.8. The van der Waals surface area contributed by atoms with E-state index < -0.39 is 18.1 Å². The maximum Gasteiger partial charge on any atom is 0.326 e. The standard InChI is InChI=1S/C14H17NO4/c1-19-12(10-6-3-2-4-7-10)13(16)15-9-5-8-11(15)14(17)18/h2-4,6-7,11-12H,5,8-9H2,1H3,(H,17,18)/t11-,12?/m1/s1. The number of methoxy groups -OCH3 is 1. The Bertz CT molecular complexity index is 460. The number of rotatable bonds is 4. The van der Waals surface area contributed by atoms with Crippen LogP contribution in [-0.2, 0) is 14.3 Å². The Kier molecular flexibility index (Phi) is 4.16. The molecule has 1 saturated heterocycles. The van der Waals surface area contributed by atoms with E-state index in [9.17, 15) is 9.59 Å². The summed E-state index contributed by atoms with van der Waals surface area (Å²) in [6.07, 6.45) is 0.487. The van der Waals surface area contributed by atoms with Gasteiger partial charge in [0.15, 0.2) is 6.10 Å². The minimum Gasteiger partial charge on any atom is -0.480 e. The van der Waals surface area contributed by atoms with Crippen molar-refractivity contribution in [2.75, 3.05) is 13.7 Å². The number of amides is 1. The monoisotopic (exact) mass is 263 g/mol. The van der Waals surface area contributed by atoms with E-state index >= 15 is 0 Å². The van der Waals surface area contributed by atoms with E-state index in [1.807, 2.05) is 18.2 Å². The number of hydrogen-bond donors (Lipinski definition) is 1. The molecule has 1 unspecified atom stereocenters. The van der Waals surface area contributed by atoms with E-state index in [0.717, 1.165) is 5.56 Å². The lowest BCUT2D eigenvalue weighted by molar-refractivity contribution is -0.153. The fourth-order valence-corrected chi connectivity index (χ4v) is 2.45. The van der Waals surface area contributed by atoms with Gasteiger partial charge in [0.25, 0.3) is 5.91 Å². The first kappa shape index (κ1) is 13.5. The van der Waals surface area contributed by atoms with Crippen LogP contribution in [-0.4, -0.2) is 41.6 Å². The minimum atomic E-state index is -0.950. The van der Waals surface area contributed by atoms with Crippen molar-refractivity contribution in [2.24, 2.45) is 0 Å². The van der Waals surface area contributed by atoms with Crippen molar-refractivity contribution in [3.63, 3.8) is 0 Å². The Morgan fingerprint density at radius 1 is 1.37 bits per heavy atom. The molecule has 0 aliphatic carbocycles. The quantitative estimate of drug-likeness (QED) is 0.892. The largest absolute Gasteiger partial charge is 0.480 e. The molecule has 2 rings (SSSR count). The average molecular weight is 263 g/mol. The van der Waals surface area contributed by atoms with Crippen LogP contribution in [0.5, 0.6) is 0 Å². The van der Waals surface area contributed by atoms with Gasteiger partial charge in [-0.05, 0) is 18.4 Å². The highest BCUT2D eigenvalue weighted by Crippen LogP contribution is 2.25. The Morgan fingerprint density at radius 2 is 2.05 bits per heavy atom. The van der Waals surface area contributed by atoms with Crippen LogP contribution in [0.25, 0.3) is 0 Å². The summed E-state index contributed by atoms with van der Waals surface area (Å²) in [7, 11) is 1.46. The van der Waals surface area contributed by atoms with Gasteiger partial charge in [-0.3, -0.25) is 4.79 Å². The van der Waals surface area contributed by atoms with Crippen LogP contribution in [0.4, 0.5) is 0 Å². The van der Waals surface area contributed by atoms with Crippen molar-refractivity contribution in [3.05, 3.63) is 35.9 Å². The van der Waals surface area contributed by atoms with E-state index in [2.05, 4.69) is 0 Å². The number of carboxylic acids is 1. The van der Waals surface area contributed by atoms with Crippen LogP contribution in [0.15, 0.2) is 30.3 Å². The number of likely N-dealkylation sites (tertiary alicyclic amines) is 1. The number of hydrogen-bond acceptors (Lipinski definition) is 3. The lowest BCUT2D eigenvalue weighted by Gasteiger charge is -2.26. The maximum absolute atomic E-state index is 12.4. The van der Waals surface area contributed by atoms with Crippen LogP contribution >= 0.6 is 0 Å². The van der Waals surface area contributed by atoms with Crippen molar-refractivity contribution in [2.45, 2.75) is 25.0 Å². The first-order valence-corrected chi connectivity index (χ1v) is 6.26. The Labute approximate surface area is 111 Å². The molecule has 1 aliphatic heterocycles. The van der Waals surface area contributed by atoms with Crippen LogP contribution in [0.2, 0.25) is 0 Å². The zero-order valence-corrected chi connectivity index (χ0v) is 10.8. The Balaban J connectivity index is 2.19. The number of carbonyl (C=O) groups is 2. The molecule has 0 radical (unpaired) electrons. The highest BCUT2D eigenvalue weighted by molar-refractivity contribution is 5.87. The number of nitrogens with zero attached hydrogens (tertiary/aromatic N) is 1. The van der Waals surface area contributed by atoms with E-state index in [1.165, 1.54) is 12.0 Å². The lowest BCUT2D eigenvalue weighted by atomic mass is 10.1. The summed E-state index contributed by atoms with van der Waals surface area (Å²) in [5.74, 6) is -1.23. The van der Waals surface area contributed by atoms with E-state index in [-0.39, 0.29) is 5.91 Å². The second-order valence-electron chi connectivity index (χ2n) is 4.55. The molecule has 0 bridgehead atoms. The van der Waals surface area contributed by atoms with Crippen molar-refractivity contribution < 1.29 is 19.4 Å². The van der Waals surface area contributed by atoms with Gasteiger partial charge in [-0.1, -0.05) is 30.3 Å². The maximum atomic E-state index is 12.4. The van der Waals surface area contributed by atoms with Crippen molar-refractivity contribution in [1.82, 2.24) is 4.90 Å². The number of benzene rings is 1. The summed E-state index contributed by atoms with van der Waals surface area (Å²) in [5, 5.41) is 9.12. The molecular formula is C14H17NO4. The topological polar surface area (TPSA) is 66.8 Å². The normalized spacial score (nSPS) is 20.3. The second-order valence-corrected chi connectivity index (χ2v) is 4.55. The van der Waals surface area contributed by atoms with Gasteiger partial charge in [0.2, 0.25) is 0 Å². The molecule has 1 fully saturated rings. The third-order valence-electron chi connectivity index (χ3n) is 3.38. The van der Waals surface area contributed by atoms with E-state index in [1.54, 1.807) is 12.1 Å². The highest BCUT2D eigenvalue weighted by Gasteiger charge is 2.37. The van der Waals surface area contributed by atoms with Gasteiger partial charge in [0, 0.05) is 13.7 Å². The molecule has 1 N–H and O–H groups in total. The predicted molar refractivity (Wildman–Crippen MR) is 68.6 cm³/mol. The van der Waals surface area contributed by atoms with E-state index in [0.29, 0.717) is 19.4 Å². The number of carboxylic acid groups (broad SMARTS) is 1. The molecule has 0 spiro atoms. The second kappa shape index (κ2) is 5.84. The molecule has 1 aromatic rings. The van der Waals surface area contributed by atoms with Gasteiger partial charge >= 0.3 is 5.97 Å². The molecule has 5 nitrogen and oxygen atoms in total. The van der Waals surface area contributed by atoms with Crippen LogP contribution in [0.3, 0.4) is 0 Å². The molecule has 5 heteroatoms. The highest BCUT2D eigenvalue weighted by atomic mass is 16.5. The molecule has 2 atom stereocenters. The van der Waals surface area contributed by atoms with Crippen LogP contribution < -0.4 is 0 Å². The Hall–Kier alpha value is -1.88. The van der Waals surface area contributed by atoms with Crippen molar-refractivity contribution >= 4 is 11.9 Å². The molecule has 1 aliphatic rings. The predicted octanol–water partition coefficient (Wildman–Crippen LogP) is 1.45. The van der Waals surface area contributed by atoms with Gasteiger partial charge < -0.3 is 14.7 Å². The smallest absolute Gasteiger partial charge is 0.326 e. The van der Waals surface area contributed by atoms with Gasteiger partial charge in [0.1, 0.15) is 6.04 Å². The molecule has 1 heterocycles. The number of ether oxygens (including phenoxy) is 1. The van der Waals surface area contributed by atoms with Crippen molar-refractivity contribution in [3.8, 4) is 0 Å². The summed E-state index contributed by atoms with van der Waals surface area (Å²) in [5.41, 5.74) is 0.742. The molecule has 19 heavy (non-hydrogen) atoms. The van der Waals surface area contributed by atoms with Gasteiger partial charge in [-0.2, -0.15) is 0 Å². The molecule has 102 valence electrons. The third kappa shape index (κ3) is 2.76. The molecule has 1 amide bonds. The number of carbonyl (C=O) groups excluding carboxylic acids is 1. The first-order valence-electron chi connectivity index (χ1n) is 6.26.